The van der Waals surface area contributed by atoms with Crippen molar-refractivity contribution in [2.75, 3.05) is 32.8 Å². The van der Waals surface area contributed by atoms with Crippen molar-refractivity contribution in [3.05, 3.63) is 30.3 Å². The SMILES string of the molecule is Cl.NCCC1CCCCN1CC(=O)NCCOc1ccccc1. The van der Waals surface area contributed by atoms with E-state index in [1.54, 1.807) is 0 Å². The summed E-state index contributed by atoms with van der Waals surface area (Å²) in [6, 6.07) is 10.1. The molecule has 1 heterocycles. The van der Waals surface area contributed by atoms with Gasteiger partial charge in [-0.3, -0.25) is 9.69 Å². The van der Waals surface area contributed by atoms with E-state index in [0.29, 0.717) is 32.3 Å². The lowest BCUT2D eigenvalue weighted by Gasteiger charge is -2.35. The second kappa shape index (κ2) is 11.3. The average molecular weight is 342 g/mol. The molecule has 130 valence electrons. The zero-order valence-electron chi connectivity index (χ0n) is 13.6. The molecule has 0 aliphatic carbocycles. The third kappa shape index (κ3) is 7.20. The van der Waals surface area contributed by atoms with Crippen LogP contribution in [0.4, 0.5) is 0 Å². The highest BCUT2D eigenvalue weighted by Gasteiger charge is 2.23. The molecule has 0 saturated carbocycles. The Hall–Kier alpha value is -1.30. The van der Waals surface area contributed by atoms with E-state index < -0.39 is 0 Å². The molecule has 1 atom stereocenters. The van der Waals surface area contributed by atoms with Crippen LogP contribution in [0.15, 0.2) is 30.3 Å². The summed E-state index contributed by atoms with van der Waals surface area (Å²) < 4.78 is 5.56. The molecule has 0 aromatic heterocycles. The Bertz CT molecular complexity index is 443. The molecular weight excluding hydrogens is 314 g/mol. The summed E-state index contributed by atoms with van der Waals surface area (Å²) in [7, 11) is 0. The van der Waals surface area contributed by atoms with Crippen molar-refractivity contribution in [3.8, 4) is 5.75 Å². The average Bonchev–Trinajstić information content (AvgIpc) is 2.55. The number of carbonyl (C=O) groups excluding carboxylic acids is 1. The number of nitrogens with two attached hydrogens (primary N) is 1. The molecule has 3 N–H and O–H groups in total. The number of carbonyl (C=O) groups is 1. The highest BCUT2D eigenvalue weighted by molar-refractivity contribution is 5.85. The lowest BCUT2D eigenvalue weighted by atomic mass is 9.99. The van der Waals surface area contributed by atoms with Crippen molar-refractivity contribution in [1.29, 1.82) is 0 Å². The van der Waals surface area contributed by atoms with E-state index in [4.69, 9.17) is 10.5 Å². The fourth-order valence-electron chi connectivity index (χ4n) is 2.90. The normalized spacial score (nSPS) is 18.0. The second-order valence-electron chi connectivity index (χ2n) is 5.71. The predicted molar refractivity (Wildman–Crippen MR) is 95.1 cm³/mol. The summed E-state index contributed by atoms with van der Waals surface area (Å²) in [6.07, 6.45) is 4.55. The van der Waals surface area contributed by atoms with Gasteiger partial charge in [0.1, 0.15) is 12.4 Å². The van der Waals surface area contributed by atoms with Crippen molar-refractivity contribution in [3.63, 3.8) is 0 Å². The van der Waals surface area contributed by atoms with Gasteiger partial charge in [-0.05, 0) is 44.5 Å². The Morgan fingerprint density at radius 3 is 2.83 bits per heavy atom. The number of likely N-dealkylation sites (tertiary alicyclic amines) is 1. The van der Waals surface area contributed by atoms with Gasteiger partial charge in [0.05, 0.1) is 13.1 Å². The van der Waals surface area contributed by atoms with Crippen molar-refractivity contribution in [2.45, 2.75) is 31.7 Å². The van der Waals surface area contributed by atoms with Gasteiger partial charge in [-0.2, -0.15) is 0 Å². The molecule has 1 unspecified atom stereocenters. The maximum atomic E-state index is 12.0. The Balaban J connectivity index is 0.00000264. The third-order valence-electron chi connectivity index (χ3n) is 4.03. The molecule has 1 aromatic rings. The summed E-state index contributed by atoms with van der Waals surface area (Å²) >= 11 is 0. The zero-order valence-corrected chi connectivity index (χ0v) is 14.4. The second-order valence-corrected chi connectivity index (χ2v) is 5.71. The molecule has 6 heteroatoms. The van der Waals surface area contributed by atoms with E-state index >= 15 is 0 Å². The van der Waals surface area contributed by atoms with Crippen molar-refractivity contribution < 1.29 is 9.53 Å². The molecule has 1 saturated heterocycles. The molecule has 23 heavy (non-hydrogen) atoms. The van der Waals surface area contributed by atoms with Gasteiger partial charge in [0.15, 0.2) is 0 Å². The standard InChI is InChI=1S/C17H27N3O2.ClH/c18-10-9-15-6-4-5-12-20(15)14-17(21)19-11-13-22-16-7-2-1-3-8-16;/h1-3,7-8,15H,4-6,9-14,18H2,(H,19,21);1H. The number of piperidine rings is 1. The number of hydrogen-bond donors (Lipinski definition) is 2. The van der Waals surface area contributed by atoms with E-state index in [-0.39, 0.29) is 18.3 Å². The molecule has 0 bridgehead atoms. The largest absolute Gasteiger partial charge is 0.492 e. The summed E-state index contributed by atoms with van der Waals surface area (Å²) in [4.78, 5) is 14.3. The number of rotatable bonds is 8. The fourth-order valence-corrected chi connectivity index (χ4v) is 2.90. The quantitative estimate of drug-likeness (QED) is 0.708. The molecular formula is C17H28ClN3O2. The van der Waals surface area contributed by atoms with Crippen LogP contribution in [0.3, 0.4) is 0 Å². The number of benzene rings is 1. The topological polar surface area (TPSA) is 67.6 Å². The predicted octanol–water partition coefficient (Wildman–Crippen LogP) is 1.81. The first-order chi connectivity index (χ1) is 10.8. The van der Waals surface area contributed by atoms with Gasteiger partial charge in [0.25, 0.3) is 0 Å². The van der Waals surface area contributed by atoms with E-state index in [0.717, 1.165) is 25.1 Å². The minimum Gasteiger partial charge on any atom is -0.492 e. The van der Waals surface area contributed by atoms with E-state index in [2.05, 4.69) is 10.2 Å². The lowest BCUT2D eigenvalue weighted by molar-refractivity contribution is -0.123. The number of nitrogens with zero attached hydrogens (tertiary/aromatic N) is 1. The highest BCUT2D eigenvalue weighted by atomic mass is 35.5. The van der Waals surface area contributed by atoms with Crippen LogP contribution in [0.2, 0.25) is 0 Å². The zero-order chi connectivity index (χ0) is 15.6. The van der Waals surface area contributed by atoms with Crippen LogP contribution in [-0.2, 0) is 4.79 Å². The Kier molecular flexibility index (Phi) is 9.67. The highest BCUT2D eigenvalue weighted by Crippen LogP contribution is 2.18. The van der Waals surface area contributed by atoms with Gasteiger partial charge < -0.3 is 15.8 Å². The first kappa shape index (κ1) is 19.7. The Morgan fingerprint density at radius 1 is 1.30 bits per heavy atom. The summed E-state index contributed by atoms with van der Waals surface area (Å²) in [5.41, 5.74) is 5.66. The molecule has 0 radical (unpaired) electrons. The first-order valence-corrected chi connectivity index (χ1v) is 8.18. The van der Waals surface area contributed by atoms with Gasteiger partial charge in [-0.25, -0.2) is 0 Å². The maximum Gasteiger partial charge on any atom is 0.234 e. The molecule has 1 aliphatic rings. The van der Waals surface area contributed by atoms with Crippen LogP contribution in [0.1, 0.15) is 25.7 Å². The summed E-state index contributed by atoms with van der Waals surface area (Å²) in [5.74, 6) is 0.899. The number of halogens is 1. The molecule has 0 spiro atoms. The minimum atomic E-state index is 0. The molecule has 5 nitrogen and oxygen atoms in total. The van der Waals surface area contributed by atoms with Gasteiger partial charge in [0.2, 0.25) is 5.91 Å². The van der Waals surface area contributed by atoms with Gasteiger partial charge in [-0.15, -0.1) is 12.4 Å². The number of para-hydroxylation sites is 1. The maximum absolute atomic E-state index is 12.0. The number of nitrogens with one attached hydrogen (secondary N) is 1. The molecule has 1 amide bonds. The van der Waals surface area contributed by atoms with Gasteiger partial charge in [-0.1, -0.05) is 24.6 Å². The van der Waals surface area contributed by atoms with Crippen LogP contribution < -0.4 is 15.8 Å². The van der Waals surface area contributed by atoms with Crippen LogP contribution in [0, 0.1) is 0 Å². The van der Waals surface area contributed by atoms with Gasteiger partial charge >= 0.3 is 0 Å². The molecule has 1 aromatic carbocycles. The number of ether oxygens (including phenoxy) is 1. The van der Waals surface area contributed by atoms with E-state index in [1.807, 2.05) is 30.3 Å². The lowest BCUT2D eigenvalue weighted by Crippen LogP contribution is -2.46. The van der Waals surface area contributed by atoms with Crippen molar-refractivity contribution in [2.24, 2.45) is 5.73 Å². The van der Waals surface area contributed by atoms with Crippen molar-refractivity contribution in [1.82, 2.24) is 10.2 Å². The Labute approximate surface area is 145 Å². The molecule has 1 fully saturated rings. The van der Waals surface area contributed by atoms with Crippen LogP contribution >= 0.6 is 12.4 Å². The molecule has 2 rings (SSSR count). The number of hydrogen-bond acceptors (Lipinski definition) is 4. The van der Waals surface area contributed by atoms with E-state index in [9.17, 15) is 4.79 Å². The molecule has 1 aliphatic heterocycles. The third-order valence-corrected chi connectivity index (χ3v) is 4.03. The summed E-state index contributed by atoms with van der Waals surface area (Å²) in [6.45, 7) is 3.17. The van der Waals surface area contributed by atoms with Crippen molar-refractivity contribution >= 4 is 18.3 Å². The van der Waals surface area contributed by atoms with Gasteiger partial charge in [0, 0.05) is 6.04 Å². The van der Waals surface area contributed by atoms with Crippen LogP contribution in [0.5, 0.6) is 5.75 Å². The van der Waals surface area contributed by atoms with Crippen LogP contribution in [0.25, 0.3) is 0 Å². The minimum absolute atomic E-state index is 0. The summed E-state index contributed by atoms with van der Waals surface area (Å²) in [5, 5.41) is 2.93. The van der Waals surface area contributed by atoms with Crippen LogP contribution in [-0.4, -0.2) is 49.6 Å². The number of amides is 1. The Morgan fingerprint density at radius 2 is 2.09 bits per heavy atom. The van der Waals surface area contributed by atoms with E-state index in [1.165, 1.54) is 12.8 Å². The monoisotopic (exact) mass is 341 g/mol. The smallest absolute Gasteiger partial charge is 0.234 e. The fraction of sp³-hybridized carbons (Fsp3) is 0.588. The first-order valence-electron chi connectivity index (χ1n) is 8.18.